The largest absolute Gasteiger partial charge is 0.352 e. The Kier molecular flexibility index (Phi) is 5.08. The maximum atomic E-state index is 11.4. The maximum Gasteiger partial charge on any atom is 0.292 e. The monoisotopic (exact) mass is 293 g/mol. The lowest BCUT2D eigenvalue weighted by atomic mass is 10.1. The van der Waals surface area contributed by atoms with Gasteiger partial charge in [-0.25, -0.2) is 0 Å². The molecular formula is C14H23N5O2. The summed E-state index contributed by atoms with van der Waals surface area (Å²) in [5.41, 5.74) is 0. The van der Waals surface area contributed by atoms with Crippen LogP contribution in [-0.4, -0.2) is 64.6 Å². The van der Waals surface area contributed by atoms with Gasteiger partial charge >= 0.3 is 0 Å². The summed E-state index contributed by atoms with van der Waals surface area (Å²) in [6.07, 6.45) is 1.94. The van der Waals surface area contributed by atoms with Crippen molar-refractivity contribution in [2.75, 3.05) is 26.7 Å². The van der Waals surface area contributed by atoms with Crippen LogP contribution in [0.2, 0.25) is 0 Å². The second-order valence-corrected chi connectivity index (χ2v) is 5.46. The number of carbonyl (C=O) groups excluding carboxylic acids is 1. The fourth-order valence-corrected chi connectivity index (χ4v) is 2.61. The van der Waals surface area contributed by atoms with E-state index in [0.717, 1.165) is 19.6 Å². The number of nitrogens with zero attached hydrogens (tertiary/aromatic N) is 4. The fourth-order valence-electron chi connectivity index (χ4n) is 2.61. The zero-order valence-electron chi connectivity index (χ0n) is 12.9. The van der Waals surface area contributed by atoms with Crippen LogP contribution in [0.4, 0.5) is 0 Å². The lowest BCUT2D eigenvalue weighted by Crippen LogP contribution is -2.55. The van der Waals surface area contributed by atoms with Gasteiger partial charge in [0.2, 0.25) is 5.89 Å². The van der Waals surface area contributed by atoms with E-state index in [1.165, 1.54) is 0 Å². The minimum Gasteiger partial charge on any atom is -0.352 e. The molecule has 2 heterocycles. The molecule has 116 valence electrons. The second-order valence-electron chi connectivity index (χ2n) is 5.46. The molecule has 0 bridgehead atoms. The SMILES string of the molecule is C=CCN1C[C@@H](C)N(Cc2nc(C(=O)NC)no2)C[C@H]1C. The van der Waals surface area contributed by atoms with E-state index in [1.54, 1.807) is 7.05 Å². The van der Waals surface area contributed by atoms with Crippen LogP contribution in [0.25, 0.3) is 0 Å². The van der Waals surface area contributed by atoms with Crippen LogP contribution in [0.5, 0.6) is 0 Å². The van der Waals surface area contributed by atoms with Crippen molar-refractivity contribution in [3.63, 3.8) is 0 Å². The molecule has 1 amide bonds. The number of piperazine rings is 1. The average molecular weight is 293 g/mol. The van der Waals surface area contributed by atoms with Gasteiger partial charge in [0, 0.05) is 38.8 Å². The molecule has 1 N–H and O–H groups in total. The summed E-state index contributed by atoms with van der Waals surface area (Å²) in [6, 6.07) is 0.831. The summed E-state index contributed by atoms with van der Waals surface area (Å²) >= 11 is 0. The van der Waals surface area contributed by atoms with Gasteiger partial charge in [-0.05, 0) is 13.8 Å². The summed E-state index contributed by atoms with van der Waals surface area (Å²) in [4.78, 5) is 20.3. The van der Waals surface area contributed by atoms with Gasteiger partial charge in [0.25, 0.3) is 11.7 Å². The maximum absolute atomic E-state index is 11.4. The Morgan fingerprint density at radius 1 is 1.43 bits per heavy atom. The number of amides is 1. The topological polar surface area (TPSA) is 74.5 Å². The van der Waals surface area contributed by atoms with Crippen LogP contribution < -0.4 is 5.32 Å². The van der Waals surface area contributed by atoms with Crippen molar-refractivity contribution in [1.29, 1.82) is 0 Å². The molecule has 21 heavy (non-hydrogen) atoms. The van der Waals surface area contributed by atoms with Crippen molar-refractivity contribution in [3.05, 3.63) is 24.4 Å². The van der Waals surface area contributed by atoms with E-state index >= 15 is 0 Å². The first-order valence-corrected chi connectivity index (χ1v) is 7.18. The van der Waals surface area contributed by atoms with Crippen molar-refractivity contribution < 1.29 is 9.32 Å². The molecule has 0 unspecified atom stereocenters. The van der Waals surface area contributed by atoms with Crippen LogP contribution in [-0.2, 0) is 6.54 Å². The molecular weight excluding hydrogens is 270 g/mol. The van der Waals surface area contributed by atoms with Crippen molar-refractivity contribution in [2.45, 2.75) is 32.5 Å². The van der Waals surface area contributed by atoms with Gasteiger partial charge in [0.05, 0.1) is 6.54 Å². The molecule has 1 saturated heterocycles. The Hall–Kier alpha value is -1.73. The third-order valence-electron chi connectivity index (χ3n) is 3.84. The van der Waals surface area contributed by atoms with E-state index in [-0.39, 0.29) is 11.7 Å². The van der Waals surface area contributed by atoms with Crippen molar-refractivity contribution >= 4 is 5.91 Å². The first-order chi connectivity index (χ1) is 10.0. The summed E-state index contributed by atoms with van der Waals surface area (Å²) in [6.45, 7) is 11.6. The van der Waals surface area contributed by atoms with Crippen LogP contribution >= 0.6 is 0 Å². The lowest BCUT2D eigenvalue weighted by Gasteiger charge is -2.43. The number of carbonyl (C=O) groups is 1. The molecule has 2 atom stereocenters. The molecule has 1 fully saturated rings. The van der Waals surface area contributed by atoms with Crippen molar-refractivity contribution in [1.82, 2.24) is 25.3 Å². The predicted molar refractivity (Wildman–Crippen MR) is 78.8 cm³/mol. The fraction of sp³-hybridized carbons (Fsp3) is 0.643. The number of hydrogen-bond donors (Lipinski definition) is 1. The van der Waals surface area contributed by atoms with Crippen molar-refractivity contribution in [3.8, 4) is 0 Å². The number of rotatable bonds is 5. The lowest BCUT2D eigenvalue weighted by molar-refractivity contribution is 0.0386. The van der Waals surface area contributed by atoms with E-state index in [4.69, 9.17) is 4.52 Å². The van der Waals surface area contributed by atoms with Gasteiger partial charge < -0.3 is 9.84 Å². The normalized spacial score (nSPS) is 24.0. The first-order valence-electron chi connectivity index (χ1n) is 7.18. The Morgan fingerprint density at radius 2 is 2.10 bits per heavy atom. The van der Waals surface area contributed by atoms with Crippen LogP contribution in [0, 0.1) is 0 Å². The molecule has 0 spiro atoms. The van der Waals surface area contributed by atoms with E-state index in [2.05, 4.69) is 45.7 Å². The molecule has 0 saturated carbocycles. The summed E-state index contributed by atoms with van der Waals surface area (Å²) in [5, 5.41) is 6.17. The molecule has 1 aromatic rings. The van der Waals surface area contributed by atoms with E-state index in [0.29, 0.717) is 24.5 Å². The second kappa shape index (κ2) is 6.82. The number of nitrogens with one attached hydrogen (secondary N) is 1. The smallest absolute Gasteiger partial charge is 0.292 e. The third kappa shape index (κ3) is 3.68. The summed E-state index contributed by atoms with van der Waals surface area (Å²) < 4.78 is 5.15. The molecule has 7 nitrogen and oxygen atoms in total. The summed E-state index contributed by atoms with van der Waals surface area (Å²) in [5.74, 6) is 0.227. The highest BCUT2D eigenvalue weighted by Crippen LogP contribution is 2.17. The Bertz CT molecular complexity index is 501. The zero-order valence-corrected chi connectivity index (χ0v) is 12.9. The third-order valence-corrected chi connectivity index (χ3v) is 3.84. The predicted octanol–water partition coefficient (Wildman–Crippen LogP) is 0.510. The Balaban J connectivity index is 1.98. The molecule has 1 aromatic heterocycles. The molecule has 1 aliphatic rings. The van der Waals surface area contributed by atoms with Crippen LogP contribution in [0.15, 0.2) is 17.2 Å². The van der Waals surface area contributed by atoms with E-state index < -0.39 is 0 Å². The zero-order chi connectivity index (χ0) is 15.4. The molecule has 0 aromatic carbocycles. The van der Waals surface area contributed by atoms with Gasteiger partial charge in [0.15, 0.2) is 0 Å². The van der Waals surface area contributed by atoms with Crippen LogP contribution in [0.1, 0.15) is 30.4 Å². The minimum absolute atomic E-state index is 0.0819. The summed E-state index contributed by atoms with van der Waals surface area (Å²) in [7, 11) is 1.54. The van der Waals surface area contributed by atoms with Gasteiger partial charge in [0.1, 0.15) is 0 Å². The highest BCUT2D eigenvalue weighted by molar-refractivity contribution is 5.89. The first kappa shape index (κ1) is 15.7. The standard InChI is InChI=1S/C14H23N5O2/c1-5-6-18-7-11(3)19(8-10(18)2)9-12-16-13(17-21-12)14(20)15-4/h5,10-11H,1,6-9H2,2-4H3,(H,15,20)/t10-,11-/m1/s1. The number of aromatic nitrogens is 2. The Labute approximate surface area is 125 Å². The molecule has 0 aliphatic carbocycles. The molecule has 7 heteroatoms. The number of hydrogen-bond acceptors (Lipinski definition) is 6. The van der Waals surface area contributed by atoms with Gasteiger partial charge in [-0.1, -0.05) is 11.2 Å². The molecule has 0 radical (unpaired) electrons. The average Bonchev–Trinajstić information content (AvgIpc) is 2.92. The molecule has 1 aliphatic heterocycles. The Morgan fingerprint density at radius 3 is 2.76 bits per heavy atom. The van der Waals surface area contributed by atoms with E-state index in [1.807, 2.05) is 6.08 Å². The van der Waals surface area contributed by atoms with Gasteiger partial charge in [-0.2, -0.15) is 4.98 Å². The van der Waals surface area contributed by atoms with Gasteiger partial charge in [-0.3, -0.25) is 14.6 Å². The van der Waals surface area contributed by atoms with Crippen LogP contribution in [0.3, 0.4) is 0 Å². The molecule has 2 rings (SSSR count). The highest BCUT2D eigenvalue weighted by Gasteiger charge is 2.29. The van der Waals surface area contributed by atoms with Crippen molar-refractivity contribution in [2.24, 2.45) is 0 Å². The highest BCUT2D eigenvalue weighted by atomic mass is 16.5. The van der Waals surface area contributed by atoms with Gasteiger partial charge in [-0.15, -0.1) is 6.58 Å². The quantitative estimate of drug-likeness (QED) is 0.797. The minimum atomic E-state index is -0.331. The van der Waals surface area contributed by atoms with E-state index in [9.17, 15) is 4.79 Å².